The molecule has 0 aliphatic heterocycles. The second-order valence-corrected chi connectivity index (χ2v) is 0.998. The molecule has 0 atom stereocenters. The van der Waals surface area contributed by atoms with Crippen LogP contribution in [-0.2, 0) is 0 Å². The summed E-state index contributed by atoms with van der Waals surface area (Å²) < 4.78 is 0. The number of rotatable bonds is 0. The lowest BCUT2D eigenvalue weighted by Gasteiger charge is -1.56. The number of imidazole rings is 1. The Morgan fingerprint density at radius 1 is 1.78 bits per heavy atom. The monoisotopic (exact) mass is 131 g/mol. The van der Waals surface area contributed by atoms with E-state index in [0.717, 1.165) is 0 Å². The lowest BCUT2D eigenvalue weighted by atomic mass is 11.0. The van der Waals surface area contributed by atoms with E-state index in [4.69, 9.17) is 15.3 Å². The third-order valence-electron chi connectivity index (χ3n) is 0.406. The van der Waals surface area contributed by atoms with Gasteiger partial charge in [0, 0.05) is 12.4 Å². The van der Waals surface area contributed by atoms with Crippen molar-refractivity contribution in [1.82, 2.24) is 9.97 Å². The number of H-pyrrole nitrogens is 1. The van der Waals surface area contributed by atoms with Crippen LogP contribution in [0.3, 0.4) is 0 Å². The minimum absolute atomic E-state index is 1.50. The minimum atomic E-state index is -1.50. The van der Waals surface area contributed by atoms with Gasteiger partial charge in [0.1, 0.15) is 0 Å². The van der Waals surface area contributed by atoms with Crippen LogP contribution in [-0.4, -0.2) is 20.3 Å². The molecule has 0 aromatic carbocycles. The van der Waals surface area contributed by atoms with Gasteiger partial charge in [0.2, 0.25) is 0 Å². The Morgan fingerprint density at radius 2 is 2.33 bits per heavy atom. The Balaban J connectivity index is 0.000000148. The molecule has 0 saturated carbocycles. The average Bonchev–Trinajstić information content (AvgIpc) is 2.11. The molecule has 0 spiro atoms. The normalized spacial score (nSPS) is 7.11. The molecule has 0 aliphatic rings. The van der Waals surface area contributed by atoms with Crippen molar-refractivity contribution < 1.29 is 10.3 Å². The van der Waals surface area contributed by atoms with E-state index in [-0.39, 0.29) is 0 Å². The van der Waals surface area contributed by atoms with Crippen LogP contribution in [0.4, 0.5) is 0 Å². The van der Waals surface area contributed by atoms with Crippen molar-refractivity contribution in [2.75, 3.05) is 0 Å². The summed E-state index contributed by atoms with van der Waals surface area (Å²) in [6.07, 6.45) is 5.08. The maximum Gasteiger partial charge on any atom is 0.291 e. The third-order valence-corrected chi connectivity index (χ3v) is 0.406. The summed E-state index contributed by atoms with van der Waals surface area (Å²) in [7, 11) is 0. The molecule has 0 amide bonds. The molecule has 6 heteroatoms. The lowest BCUT2D eigenvalue weighted by molar-refractivity contribution is -0.742. The van der Waals surface area contributed by atoms with Crippen LogP contribution in [0.2, 0.25) is 0 Å². The van der Waals surface area contributed by atoms with E-state index in [1.165, 1.54) is 0 Å². The van der Waals surface area contributed by atoms with Gasteiger partial charge in [0.15, 0.2) is 0 Å². The highest BCUT2D eigenvalue weighted by atomic mass is 16.9. The number of hydrogen-bond acceptors (Lipinski definition) is 3. The molecule has 0 bridgehead atoms. The van der Waals surface area contributed by atoms with Gasteiger partial charge in [-0.1, -0.05) is 0 Å². The fourth-order valence-electron chi connectivity index (χ4n) is 0.215. The maximum atomic E-state index is 8.36. The highest BCUT2D eigenvalue weighted by Crippen LogP contribution is 1.62. The summed E-state index contributed by atoms with van der Waals surface area (Å²) in [6, 6.07) is 0. The summed E-state index contributed by atoms with van der Waals surface area (Å²) in [6.45, 7) is 0. The molecule has 50 valence electrons. The van der Waals surface area contributed by atoms with Crippen LogP contribution in [0.1, 0.15) is 0 Å². The molecule has 1 heterocycles. The molecule has 9 heavy (non-hydrogen) atoms. The van der Waals surface area contributed by atoms with Crippen LogP contribution < -0.4 is 0 Å². The Kier molecular flexibility index (Phi) is 3.76. The van der Waals surface area contributed by atoms with Crippen LogP contribution in [0, 0.1) is 10.1 Å². The summed E-state index contributed by atoms with van der Waals surface area (Å²) >= 11 is 0. The largest absolute Gasteiger partial charge is 0.351 e. The average molecular weight is 131 g/mol. The molecule has 0 aliphatic carbocycles. The molecular formula is C3H5N3O3. The van der Waals surface area contributed by atoms with Crippen molar-refractivity contribution in [3.63, 3.8) is 0 Å². The SMILES string of the molecule is O=[N+]([O-])O.c1c[nH]cn1. The van der Waals surface area contributed by atoms with Crippen molar-refractivity contribution in [2.45, 2.75) is 0 Å². The lowest BCUT2D eigenvalue weighted by Crippen LogP contribution is -1.81. The summed E-state index contributed by atoms with van der Waals surface area (Å²) in [5, 5.41) is 13.6. The zero-order valence-corrected chi connectivity index (χ0v) is 4.39. The van der Waals surface area contributed by atoms with Crippen LogP contribution in [0.5, 0.6) is 0 Å². The fourth-order valence-corrected chi connectivity index (χ4v) is 0.215. The molecule has 6 nitrogen and oxygen atoms in total. The first-order valence-electron chi connectivity index (χ1n) is 1.99. The van der Waals surface area contributed by atoms with E-state index in [2.05, 4.69) is 9.97 Å². The van der Waals surface area contributed by atoms with Gasteiger partial charge in [-0.3, -0.25) is 0 Å². The molecular weight excluding hydrogens is 126 g/mol. The Labute approximate surface area is 50.3 Å². The number of nitrogens with zero attached hydrogens (tertiary/aromatic N) is 2. The molecule has 1 aromatic rings. The third kappa shape index (κ3) is 10.7. The predicted molar refractivity (Wildman–Crippen MR) is 27.4 cm³/mol. The number of hydrogen-bond donors (Lipinski definition) is 2. The van der Waals surface area contributed by atoms with Crippen LogP contribution in [0.25, 0.3) is 0 Å². The second-order valence-electron chi connectivity index (χ2n) is 0.998. The molecule has 0 fully saturated rings. The zero-order valence-electron chi connectivity index (χ0n) is 4.39. The van der Waals surface area contributed by atoms with Gasteiger partial charge in [-0.2, -0.15) is 0 Å². The van der Waals surface area contributed by atoms with Gasteiger partial charge in [-0.15, -0.1) is 10.1 Å². The summed E-state index contributed by atoms with van der Waals surface area (Å²) in [5.41, 5.74) is 0. The molecule has 1 rings (SSSR count). The first-order chi connectivity index (χ1) is 4.23. The predicted octanol–water partition coefficient (Wildman–Crippen LogP) is 0.0620. The van der Waals surface area contributed by atoms with E-state index in [0.29, 0.717) is 0 Å². The van der Waals surface area contributed by atoms with Gasteiger partial charge in [-0.05, 0) is 0 Å². The Hall–Kier alpha value is -1.59. The molecule has 0 saturated heterocycles. The van der Waals surface area contributed by atoms with Crippen molar-refractivity contribution in [3.8, 4) is 0 Å². The van der Waals surface area contributed by atoms with E-state index in [1.54, 1.807) is 18.7 Å². The first kappa shape index (κ1) is 7.41. The van der Waals surface area contributed by atoms with E-state index in [9.17, 15) is 0 Å². The van der Waals surface area contributed by atoms with Crippen molar-refractivity contribution in [3.05, 3.63) is 28.8 Å². The summed E-state index contributed by atoms with van der Waals surface area (Å²) in [4.78, 5) is 14.8. The quantitative estimate of drug-likeness (QED) is 0.384. The first-order valence-corrected chi connectivity index (χ1v) is 1.99. The number of nitrogens with one attached hydrogen (secondary N) is 1. The number of aromatic amines is 1. The van der Waals surface area contributed by atoms with Gasteiger partial charge in [0.25, 0.3) is 5.09 Å². The Bertz CT molecular complexity index is 128. The molecule has 0 radical (unpaired) electrons. The molecule has 0 unspecified atom stereocenters. The van der Waals surface area contributed by atoms with E-state index in [1.807, 2.05) is 0 Å². The highest BCUT2D eigenvalue weighted by molar-refractivity contribution is 4.64. The Morgan fingerprint density at radius 3 is 2.44 bits per heavy atom. The van der Waals surface area contributed by atoms with Gasteiger partial charge >= 0.3 is 0 Å². The number of aromatic nitrogens is 2. The van der Waals surface area contributed by atoms with Gasteiger partial charge in [0.05, 0.1) is 6.33 Å². The smallest absolute Gasteiger partial charge is 0.291 e. The zero-order chi connectivity index (χ0) is 7.11. The van der Waals surface area contributed by atoms with E-state index >= 15 is 0 Å². The van der Waals surface area contributed by atoms with Gasteiger partial charge < -0.3 is 10.2 Å². The molecule has 2 N–H and O–H groups in total. The topological polar surface area (TPSA) is 92.0 Å². The highest BCUT2D eigenvalue weighted by Gasteiger charge is 1.65. The van der Waals surface area contributed by atoms with E-state index < -0.39 is 5.09 Å². The summed E-state index contributed by atoms with van der Waals surface area (Å²) in [5.74, 6) is 0. The van der Waals surface area contributed by atoms with Crippen molar-refractivity contribution in [1.29, 1.82) is 0 Å². The standard InChI is InChI=1S/C3H4N2.HNO3/c1-2-5-3-4-1;2-1(3)4/h1-3H,(H,4,5);(H,2,3,4). The van der Waals surface area contributed by atoms with Crippen LogP contribution in [0.15, 0.2) is 18.7 Å². The van der Waals surface area contributed by atoms with Gasteiger partial charge in [-0.25, -0.2) is 4.98 Å². The van der Waals surface area contributed by atoms with Crippen molar-refractivity contribution in [2.24, 2.45) is 0 Å². The van der Waals surface area contributed by atoms with Crippen LogP contribution >= 0.6 is 0 Å². The minimum Gasteiger partial charge on any atom is -0.351 e. The fraction of sp³-hybridized carbons (Fsp3) is 0. The molecule has 1 aromatic heterocycles. The van der Waals surface area contributed by atoms with Crippen molar-refractivity contribution >= 4 is 0 Å². The maximum absolute atomic E-state index is 8.36. The second kappa shape index (κ2) is 4.57.